The molecule has 4 aromatic heterocycles. The Hall–Kier alpha value is -4.44. The van der Waals surface area contributed by atoms with E-state index in [1.165, 1.54) is 22.6 Å². The lowest BCUT2D eigenvalue weighted by Gasteiger charge is -2.31. The topological polar surface area (TPSA) is 112 Å². The molecule has 0 amide bonds. The van der Waals surface area contributed by atoms with Crippen LogP contribution in [0.5, 0.6) is 0 Å². The maximum atomic E-state index is 14.6. The molecule has 0 atom stereocenters. The van der Waals surface area contributed by atoms with E-state index >= 15 is 0 Å². The van der Waals surface area contributed by atoms with Crippen LogP contribution in [0.15, 0.2) is 53.6 Å². The smallest absolute Gasteiger partial charge is 0.341 e. The number of carboxylic acids is 1. The highest BCUT2D eigenvalue weighted by Gasteiger charge is 2.24. The van der Waals surface area contributed by atoms with E-state index in [0.29, 0.717) is 54.1 Å². The maximum absolute atomic E-state index is 14.6. The molecule has 0 radical (unpaired) electrons. The summed E-state index contributed by atoms with van der Waals surface area (Å²) in [6, 6.07) is 9.48. The number of halogens is 1. The minimum absolute atomic E-state index is 0.307. The molecule has 1 aromatic carbocycles. The highest BCUT2D eigenvalue weighted by atomic mass is 19.1. The molecule has 6 rings (SSSR count). The van der Waals surface area contributed by atoms with E-state index in [0.717, 1.165) is 22.2 Å². The predicted molar refractivity (Wildman–Crippen MR) is 136 cm³/mol. The van der Waals surface area contributed by atoms with Crippen LogP contribution in [0, 0.1) is 5.82 Å². The number of aromatic nitrogens is 3. The number of benzene rings is 1. The second-order valence-electron chi connectivity index (χ2n) is 8.66. The first-order chi connectivity index (χ1) is 17.5. The minimum atomic E-state index is -1.28. The number of morpholine rings is 1. The third kappa shape index (κ3) is 3.37. The molecule has 9 nitrogen and oxygen atoms in total. The average molecular weight is 487 g/mol. The lowest BCUT2D eigenvalue weighted by molar-refractivity contribution is 0.0694. The van der Waals surface area contributed by atoms with E-state index in [1.54, 1.807) is 31.6 Å². The van der Waals surface area contributed by atoms with Gasteiger partial charge in [0.05, 0.1) is 35.5 Å². The Morgan fingerprint density at radius 3 is 2.72 bits per heavy atom. The third-order valence-electron chi connectivity index (χ3n) is 6.66. The predicted octanol–water partition coefficient (Wildman–Crippen LogP) is 3.71. The van der Waals surface area contributed by atoms with Crippen LogP contribution in [-0.4, -0.2) is 58.8 Å². The number of pyridine rings is 3. The molecule has 3 N–H and O–H groups in total. The van der Waals surface area contributed by atoms with E-state index in [-0.39, 0.29) is 11.4 Å². The fourth-order valence-electron chi connectivity index (χ4n) is 4.95. The molecule has 5 aromatic rings. The first kappa shape index (κ1) is 22.1. The summed E-state index contributed by atoms with van der Waals surface area (Å²) in [4.78, 5) is 34.6. The van der Waals surface area contributed by atoms with Gasteiger partial charge in [0.25, 0.3) is 5.56 Å². The van der Waals surface area contributed by atoms with Crippen molar-refractivity contribution in [1.82, 2.24) is 14.4 Å². The van der Waals surface area contributed by atoms with Crippen molar-refractivity contribution in [1.29, 1.82) is 0 Å². The second-order valence-corrected chi connectivity index (χ2v) is 8.66. The van der Waals surface area contributed by atoms with E-state index < -0.39 is 11.5 Å². The van der Waals surface area contributed by atoms with Gasteiger partial charge >= 0.3 is 5.97 Å². The number of hydrogen-bond acceptors (Lipinski definition) is 6. The maximum Gasteiger partial charge on any atom is 0.341 e. The van der Waals surface area contributed by atoms with Crippen molar-refractivity contribution in [2.75, 3.05) is 43.6 Å². The highest BCUT2D eigenvalue weighted by molar-refractivity contribution is 6.17. The van der Waals surface area contributed by atoms with Gasteiger partial charge in [-0.2, -0.15) is 0 Å². The summed E-state index contributed by atoms with van der Waals surface area (Å²) >= 11 is 0. The first-order valence-corrected chi connectivity index (χ1v) is 11.5. The van der Waals surface area contributed by atoms with Crippen LogP contribution in [0.25, 0.3) is 38.6 Å². The van der Waals surface area contributed by atoms with Gasteiger partial charge in [-0.25, -0.2) is 14.2 Å². The van der Waals surface area contributed by atoms with E-state index in [1.807, 2.05) is 6.07 Å². The number of hydrogen-bond donors (Lipinski definition) is 3. The second kappa shape index (κ2) is 8.35. The van der Waals surface area contributed by atoms with Crippen molar-refractivity contribution in [3.05, 3.63) is 70.5 Å². The van der Waals surface area contributed by atoms with Crippen molar-refractivity contribution in [3.63, 3.8) is 0 Å². The Labute approximate surface area is 203 Å². The van der Waals surface area contributed by atoms with Gasteiger partial charge in [-0.15, -0.1) is 0 Å². The number of fused-ring (bicyclic) bond motifs is 4. The van der Waals surface area contributed by atoms with Crippen LogP contribution in [0.3, 0.4) is 0 Å². The summed E-state index contributed by atoms with van der Waals surface area (Å²) in [5.74, 6) is -1.65. The van der Waals surface area contributed by atoms with Gasteiger partial charge in [0.15, 0.2) is 0 Å². The zero-order valence-electron chi connectivity index (χ0n) is 19.3. The van der Waals surface area contributed by atoms with Crippen LogP contribution in [0.1, 0.15) is 10.4 Å². The standard InChI is InChI=1S/C26H22FN5O4/c1-28-20-11-15(27)10-18-21-23(31-6-8-36-9-7-31)19(12-29-24(21)30-22(18)20)14-2-3-16-4-5-17(26(34)35)25(33)32(16)13-14/h2-5,10-13,28H,6-9H2,1H3,(H,29,30)(H,34,35). The third-order valence-corrected chi connectivity index (χ3v) is 6.66. The van der Waals surface area contributed by atoms with Gasteiger partial charge in [0, 0.05) is 54.6 Å². The Balaban J connectivity index is 1.68. The zero-order chi connectivity index (χ0) is 25.0. The van der Waals surface area contributed by atoms with Gasteiger partial charge in [-0.1, -0.05) is 6.07 Å². The quantitative estimate of drug-likeness (QED) is 0.354. The minimum Gasteiger partial charge on any atom is -0.477 e. The molecular formula is C26H22FN5O4. The number of aromatic carboxylic acids is 1. The zero-order valence-corrected chi connectivity index (χ0v) is 19.3. The largest absolute Gasteiger partial charge is 0.477 e. The molecule has 1 saturated heterocycles. The van der Waals surface area contributed by atoms with Gasteiger partial charge in [0.1, 0.15) is 17.0 Å². The summed E-state index contributed by atoms with van der Waals surface area (Å²) in [5.41, 5.74) is 3.91. The Bertz CT molecular complexity index is 1740. The number of aromatic amines is 1. The molecule has 10 heteroatoms. The molecule has 1 aliphatic rings. The lowest BCUT2D eigenvalue weighted by Crippen LogP contribution is -2.36. The SMILES string of the molecule is CNc1cc(F)cc2c1[nH]c1ncc(-c3ccc4ccc(C(=O)O)c(=O)n4c3)c(N3CCOCC3)c12. The van der Waals surface area contributed by atoms with Crippen molar-refractivity contribution in [3.8, 4) is 11.1 Å². The van der Waals surface area contributed by atoms with Crippen LogP contribution < -0.4 is 15.8 Å². The van der Waals surface area contributed by atoms with E-state index in [2.05, 4.69) is 20.2 Å². The summed E-state index contributed by atoms with van der Waals surface area (Å²) in [7, 11) is 1.74. The van der Waals surface area contributed by atoms with E-state index in [4.69, 9.17) is 4.74 Å². The van der Waals surface area contributed by atoms with Crippen LogP contribution in [0.4, 0.5) is 15.8 Å². The monoisotopic (exact) mass is 487 g/mol. The summed E-state index contributed by atoms with van der Waals surface area (Å²) in [5, 5.41) is 13.9. The molecule has 0 unspecified atom stereocenters. The van der Waals surface area contributed by atoms with Gasteiger partial charge in [0.2, 0.25) is 0 Å². The molecule has 5 heterocycles. The Kier molecular flexibility index (Phi) is 5.11. The van der Waals surface area contributed by atoms with Crippen LogP contribution in [-0.2, 0) is 4.74 Å². The van der Waals surface area contributed by atoms with Crippen LogP contribution >= 0.6 is 0 Å². The fraction of sp³-hybridized carbons (Fsp3) is 0.192. The van der Waals surface area contributed by atoms with E-state index in [9.17, 15) is 19.1 Å². The normalized spacial score (nSPS) is 14.1. The number of H-pyrrole nitrogens is 1. The van der Waals surface area contributed by atoms with Crippen LogP contribution in [0.2, 0.25) is 0 Å². The van der Waals surface area contributed by atoms with Crippen molar-refractivity contribution in [2.24, 2.45) is 0 Å². The number of carbonyl (C=O) groups is 1. The molecule has 1 fully saturated rings. The average Bonchev–Trinajstić information content (AvgIpc) is 3.26. The molecule has 0 bridgehead atoms. The summed E-state index contributed by atoms with van der Waals surface area (Å²) < 4.78 is 21.5. The summed E-state index contributed by atoms with van der Waals surface area (Å²) in [6.45, 7) is 2.34. The van der Waals surface area contributed by atoms with Gasteiger partial charge < -0.3 is 25.0 Å². The molecule has 1 aliphatic heterocycles. The number of carboxylic acid groups (broad SMARTS) is 1. The Morgan fingerprint density at radius 2 is 1.97 bits per heavy atom. The van der Waals surface area contributed by atoms with Gasteiger partial charge in [-0.05, 0) is 30.3 Å². The summed E-state index contributed by atoms with van der Waals surface area (Å²) in [6.07, 6.45) is 3.36. The van der Waals surface area contributed by atoms with Crippen molar-refractivity contribution in [2.45, 2.75) is 0 Å². The van der Waals surface area contributed by atoms with Gasteiger partial charge in [-0.3, -0.25) is 9.20 Å². The number of anilines is 2. The molecule has 182 valence electrons. The van der Waals surface area contributed by atoms with Crippen molar-refractivity contribution < 1.29 is 19.0 Å². The number of ether oxygens (including phenoxy) is 1. The number of nitrogens with one attached hydrogen (secondary N) is 2. The molecule has 0 aliphatic carbocycles. The number of nitrogens with zero attached hydrogens (tertiary/aromatic N) is 3. The molecular weight excluding hydrogens is 465 g/mol. The molecule has 36 heavy (non-hydrogen) atoms. The molecule has 0 spiro atoms. The van der Waals surface area contributed by atoms with Crippen molar-refractivity contribution >= 4 is 44.8 Å². The highest BCUT2D eigenvalue weighted by Crippen LogP contribution is 2.42. The number of rotatable bonds is 4. The molecule has 0 saturated carbocycles. The first-order valence-electron chi connectivity index (χ1n) is 11.5. The fourth-order valence-corrected chi connectivity index (χ4v) is 4.95. The Morgan fingerprint density at radius 1 is 1.19 bits per heavy atom. The lowest BCUT2D eigenvalue weighted by atomic mass is 10.0.